The van der Waals surface area contributed by atoms with E-state index < -0.39 is 11.6 Å². The lowest BCUT2D eigenvalue weighted by Gasteiger charge is -2.19. The van der Waals surface area contributed by atoms with Gasteiger partial charge in [0.1, 0.15) is 5.60 Å². The Morgan fingerprint density at radius 2 is 2.25 bits per heavy atom. The molecule has 3 nitrogen and oxygen atoms in total. The molecule has 0 aromatic heterocycles. The summed E-state index contributed by atoms with van der Waals surface area (Å²) in [5.41, 5.74) is -1.12. The van der Waals surface area contributed by atoms with Gasteiger partial charge in [0.05, 0.1) is 0 Å². The Balaban J connectivity index is 2.67. The highest BCUT2D eigenvalue weighted by Gasteiger charge is 2.19. The molecule has 0 saturated heterocycles. The van der Waals surface area contributed by atoms with Gasteiger partial charge in [-0.3, -0.25) is 0 Å². The summed E-state index contributed by atoms with van der Waals surface area (Å²) < 4.78 is 0. The zero-order valence-corrected chi connectivity index (χ0v) is 6.47. The van der Waals surface area contributed by atoms with E-state index in [9.17, 15) is 9.90 Å². The van der Waals surface area contributed by atoms with Crippen LogP contribution in [0.25, 0.3) is 0 Å². The summed E-state index contributed by atoms with van der Waals surface area (Å²) in [4.78, 5) is 10.1. The van der Waals surface area contributed by atoms with Gasteiger partial charge in [-0.2, -0.15) is 0 Å². The van der Waals surface area contributed by atoms with Gasteiger partial charge in [0.2, 0.25) is 0 Å². The van der Waals surface area contributed by atoms with Gasteiger partial charge in [0.25, 0.3) is 0 Å². The maximum atomic E-state index is 10.1. The van der Waals surface area contributed by atoms with Crippen LogP contribution < -0.4 is 0 Å². The van der Waals surface area contributed by atoms with Crippen LogP contribution in [0.1, 0.15) is 6.42 Å². The van der Waals surface area contributed by atoms with Crippen LogP contribution in [-0.2, 0) is 4.79 Å². The van der Waals surface area contributed by atoms with Crippen molar-refractivity contribution in [2.45, 2.75) is 12.0 Å². The maximum absolute atomic E-state index is 10.1. The molecule has 0 aromatic rings. The first kappa shape index (κ1) is 8.74. The summed E-state index contributed by atoms with van der Waals surface area (Å²) in [5, 5.41) is 18.0. The minimum atomic E-state index is -1.12. The molecule has 12 heavy (non-hydrogen) atoms. The summed E-state index contributed by atoms with van der Waals surface area (Å²) in [5.74, 6) is -1.05. The third-order valence-electron chi connectivity index (χ3n) is 1.59. The fraction of sp³-hybridized carbons (Fsp3) is 0.222. The number of carboxylic acids is 1. The predicted octanol–water partition coefficient (Wildman–Crippen LogP) is 0.874. The first-order valence-corrected chi connectivity index (χ1v) is 3.61. The van der Waals surface area contributed by atoms with Gasteiger partial charge in [-0.05, 0) is 12.2 Å². The Morgan fingerprint density at radius 3 is 2.75 bits per heavy atom. The first-order chi connectivity index (χ1) is 5.62. The van der Waals surface area contributed by atoms with Crippen LogP contribution in [-0.4, -0.2) is 21.8 Å². The average Bonchev–Trinajstić information content (AvgIpc) is 2.03. The van der Waals surface area contributed by atoms with E-state index in [1.54, 1.807) is 18.2 Å². The molecule has 0 saturated carbocycles. The lowest BCUT2D eigenvalue weighted by atomic mass is 9.95. The minimum absolute atomic E-state index is 0.424. The highest BCUT2D eigenvalue weighted by atomic mass is 16.4. The fourth-order valence-electron chi connectivity index (χ4n) is 0.965. The number of rotatable bonds is 2. The SMILES string of the molecule is O=C(O)C=CC1(O)C=CC=CC1. The summed E-state index contributed by atoms with van der Waals surface area (Å²) in [6.07, 6.45) is 9.49. The second kappa shape index (κ2) is 3.36. The first-order valence-electron chi connectivity index (χ1n) is 3.61. The van der Waals surface area contributed by atoms with Gasteiger partial charge in [-0.15, -0.1) is 0 Å². The molecule has 1 aliphatic carbocycles. The van der Waals surface area contributed by atoms with E-state index in [2.05, 4.69) is 0 Å². The Morgan fingerprint density at radius 1 is 1.50 bits per heavy atom. The largest absolute Gasteiger partial charge is 0.478 e. The molecule has 0 heterocycles. The molecule has 1 rings (SSSR count). The van der Waals surface area contributed by atoms with Crippen molar-refractivity contribution in [1.29, 1.82) is 0 Å². The fourth-order valence-corrected chi connectivity index (χ4v) is 0.965. The van der Waals surface area contributed by atoms with Gasteiger partial charge in [-0.25, -0.2) is 4.79 Å². The summed E-state index contributed by atoms with van der Waals surface area (Å²) >= 11 is 0. The van der Waals surface area contributed by atoms with Crippen molar-refractivity contribution >= 4 is 5.97 Å². The van der Waals surface area contributed by atoms with Gasteiger partial charge in [-0.1, -0.05) is 18.2 Å². The summed E-state index contributed by atoms with van der Waals surface area (Å²) in [6.45, 7) is 0. The molecule has 2 N–H and O–H groups in total. The molecule has 1 aliphatic rings. The Kier molecular flexibility index (Phi) is 2.45. The Hall–Kier alpha value is -1.35. The lowest BCUT2D eigenvalue weighted by molar-refractivity contribution is -0.131. The van der Waals surface area contributed by atoms with Crippen molar-refractivity contribution in [1.82, 2.24) is 0 Å². The average molecular weight is 166 g/mol. The molecular weight excluding hydrogens is 156 g/mol. The minimum Gasteiger partial charge on any atom is -0.478 e. The van der Waals surface area contributed by atoms with E-state index in [4.69, 9.17) is 5.11 Å². The van der Waals surface area contributed by atoms with E-state index >= 15 is 0 Å². The second-order valence-electron chi connectivity index (χ2n) is 2.65. The van der Waals surface area contributed by atoms with Crippen LogP contribution in [0, 0.1) is 0 Å². The van der Waals surface area contributed by atoms with E-state index in [-0.39, 0.29) is 0 Å². The van der Waals surface area contributed by atoms with E-state index in [1.807, 2.05) is 6.08 Å². The highest BCUT2D eigenvalue weighted by Crippen LogP contribution is 2.18. The van der Waals surface area contributed by atoms with Crippen LogP contribution >= 0.6 is 0 Å². The number of carboxylic acid groups (broad SMARTS) is 1. The van der Waals surface area contributed by atoms with Crippen LogP contribution in [0.2, 0.25) is 0 Å². The molecule has 0 aromatic carbocycles. The zero-order chi connectivity index (χ0) is 9.03. The van der Waals surface area contributed by atoms with Crippen molar-refractivity contribution < 1.29 is 15.0 Å². The van der Waals surface area contributed by atoms with E-state index in [0.717, 1.165) is 6.08 Å². The van der Waals surface area contributed by atoms with E-state index in [0.29, 0.717) is 6.42 Å². The molecular formula is C9H10O3. The normalized spacial score (nSPS) is 28.1. The third-order valence-corrected chi connectivity index (χ3v) is 1.59. The predicted molar refractivity (Wildman–Crippen MR) is 44.6 cm³/mol. The van der Waals surface area contributed by atoms with Crippen molar-refractivity contribution in [3.63, 3.8) is 0 Å². The zero-order valence-electron chi connectivity index (χ0n) is 6.47. The topological polar surface area (TPSA) is 57.5 Å². The second-order valence-corrected chi connectivity index (χ2v) is 2.65. The van der Waals surface area contributed by atoms with Crippen LogP contribution in [0.4, 0.5) is 0 Å². The monoisotopic (exact) mass is 166 g/mol. The summed E-state index contributed by atoms with van der Waals surface area (Å²) in [6, 6.07) is 0. The molecule has 1 atom stereocenters. The Labute approximate surface area is 70.3 Å². The molecule has 0 amide bonds. The van der Waals surface area contributed by atoms with Gasteiger partial charge in [0.15, 0.2) is 0 Å². The van der Waals surface area contributed by atoms with Gasteiger partial charge >= 0.3 is 5.97 Å². The lowest BCUT2D eigenvalue weighted by Crippen LogP contribution is -2.23. The molecule has 1 unspecified atom stereocenters. The molecule has 0 radical (unpaired) electrons. The molecule has 0 fully saturated rings. The third kappa shape index (κ3) is 2.36. The molecule has 3 heteroatoms. The van der Waals surface area contributed by atoms with Crippen LogP contribution in [0.3, 0.4) is 0 Å². The van der Waals surface area contributed by atoms with Crippen molar-refractivity contribution in [2.75, 3.05) is 0 Å². The number of hydrogen-bond acceptors (Lipinski definition) is 2. The Bertz CT molecular complexity index is 263. The molecule has 0 bridgehead atoms. The van der Waals surface area contributed by atoms with E-state index in [1.165, 1.54) is 6.08 Å². The number of hydrogen-bond donors (Lipinski definition) is 2. The standard InChI is InChI=1S/C9H10O3/c10-8(11)4-7-9(12)5-2-1-3-6-9/h1-5,7,12H,6H2,(H,10,11). The number of carbonyl (C=O) groups is 1. The number of allylic oxidation sites excluding steroid dienone is 2. The van der Waals surface area contributed by atoms with Gasteiger partial charge in [0, 0.05) is 12.5 Å². The smallest absolute Gasteiger partial charge is 0.328 e. The highest BCUT2D eigenvalue weighted by molar-refractivity contribution is 5.80. The molecule has 0 spiro atoms. The molecule has 64 valence electrons. The van der Waals surface area contributed by atoms with Gasteiger partial charge < -0.3 is 10.2 Å². The molecule has 0 aliphatic heterocycles. The quantitative estimate of drug-likeness (QED) is 0.598. The summed E-state index contributed by atoms with van der Waals surface area (Å²) in [7, 11) is 0. The number of aliphatic carboxylic acids is 1. The van der Waals surface area contributed by atoms with Crippen LogP contribution in [0.15, 0.2) is 36.5 Å². The van der Waals surface area contributed by atoms with Crippen molar-refractivity contribution in [2.24, 2.45) is 0 Å². The van der Waals surface area contributed by atoms with Crippen molar-refractivity contribution in [3.05, 3.63) is 36.5 Å². The number of aliphatic hydroxyl groups is 1. The van der Waals surface area contributed by atoms with Crippen LogP contribution in [0.5, 0.6) is 0 Å². The van der Waals surface area contributed by atoms with Crippen molar-refractivity contribution in [3.8, 4) is 0 Å². The maximum Gasteiger partial charge on any atom is 0.328 e.